The summed E-state index contributed by atoms with van der Waals surface area (Å²) in [4.78, 5) is 28.8. The molecule has 1 aromatic heterocycles. The molecule has 0 aliphatic carbocycles. The summed E-state index contributed by atoms with van der Waals surface area (Å²) in [6, 6.07) is 8.01. The van der Waals surface area contributed by atoms with Crippen molar-refractivity contribution >= 4 is 23.0 Å². The van der Waals surface area contributed by atoms with Gasteiger partial charge in [-0.05, 0) is 63.1 Å². The molecule has 0 spiro atoms. The van der Waals surface area contributed by atoms with Crippen LogP contribution in [0, 0.1) is 6.92 Å². The molecule has 1 unspecified atom stereocenters. The SMILES string of the molecule is CC.COC(=O)c1ccc(C2CN(CC(F)F)CCN2Cc2c(OC)cc(C)c3c2ccn3C(=O)OC(C)(C)C)cc1O. The van der Waals surface area contributed by atoms with Crippen molar-refractivity contribution in [2.24, 2.45) is 0 Å². The van der Waals surface area contributed by atoms with Gasteiger partial charge in [-0.2, -0.15) is 0 Å². The second-order valence-electron chi connectivity index (χ2n) is 11.2. The molecule has 1 saturated heterocycles. The Labute approximate surface area is 251 Å². The Morgan fingerprint density at radius 1 is 1.09 bits per heavy atom. The van der Waals surface area contributed by atoms with Crippen molar-refractivity contribution in [3.63, 3.8) is 0 Å². The molecule has 2 heterocycles. The highest BCUT2D eigenvalue weighted by Crippen LogP contribution is 2.37. The lowest BCUT2D eigenvalue weighted by Gasteiger charge is -2.42. The lowest BCUT2D eigenvalue weighted by molar-refractivity contribution is 0.0245. The molecular formula is C32H43F2N3O6. The number of esters is 1. The second-order valence-corrected chi connectivity index (χ2v) is 11.2. The standard InChI is InChI=1S/C30H37F2N3O6.C2H6/c1-18-13-25(39-5)22(20-9-10-35(27(18)20)29(38)41-30(2,3)4)15-34-12-11-33(17-26(31)32)16-23(34)19-7-8-21(24(36)14-19)28(37)40-6;1-2/h7-10,13-14,23,26,36H,11-12,15-17H2,1-6H3;1-2H3. The Morgan fingerprint density at radius 3 is 2.37 bits per heavy atom. The zero-order valence-corrected chi connectivity index (χ0v) is 26.2. The van der Waals surface area contributed by atoms with Gasteiger partial charge in [0.1, 0.15) is 22.7 Å². The molecule has 1 atom stereocenters. The third-order valence-electron chi connectivity index (χ3n) is 7.18. The minimum absolute atomic E-state index is 0.0217. The van der Waals surface area contributed by atoms with E-state index >= 15 is 0 Å². The number of piperazine rings is 1. The van der Waals surface area contributed by atoms with Gasteiger partial charge in [-0.1, -0.05) is 19.9 Å². The van der Waals surface area contributed by atoms with Gasteiger partial charge in [0.2, 0.25) is 0 Å². The van der Waals surface area contributed by atoms with Crippen LogP contribution in [-0.2, 0) is 16.0 Å². The maximum Gasteiger partial charge on any atom is 0.419 e. The van der Waals surface area contributed by atoms with Gasteiger partial charge >= 0.3 is 12.1 Å². The Balaban J connectivity index is 0.00000248. The Kier molecular flexibility index (Phi) is 11.1. The number of phenols is 1. The number of carbonyl (C=O) groups excluding carboxylic acids is 2. The first-order valence-corrected chi connectivity index (χ1v) is 14.4. The van der Waals surface area contributed by atoms with Gasteiger partial charge < -0.3 is 19.3 Å². The first-order chi connectivity index (χ1) is 20.3. The maximum absolute atomic E-state index is 13.3. The number of alkyl halides is 2. The molecule has 11 heteroatoms. The van der Waals surface area contributed by atoms with Gasteiger partial charge in [-0.15, -0.1) is 0 Å². The van der Waals surface area contributed by atoms with E-state index in [0.29, 0.717) is 36.5 Å². The van der Waals surface area contributed by atoms with Gasteiger partial charge in [0, 0.05) is 49.4 Å². The van der Waals surface area contributed by atoms with Crippen LogP contribution in [0.1, 0.15) is 67.7 Å². The Bertz CT molecular complexity index is 1430. The van der Waals surface area contributed by atoms with Crippen molar-refractivity contribution in [2.75, 3.05) is 40.4 Å². The number of nitrogens with zero attached hydrogens (tertiary/aromatic N) is 3. The molecule has 43 heavy (non-hydrogen) atoms. The predicted molar refractivity (Wildman–Crippen MR) is 161 cm³/mol. The first-order valence-electron chi connectivity index (χ1n) is 14.4. The number of hydrogen-bond donors (Lipinski definition) is 1. The lowest BCUT2D eigenvalue weighted by Crippen LogP contribution is -2.49. The quantitative estimate of drug-likeness (QED) is 0.311. The second kappa shape index (κ2) is 14.2. The number of fused-ring (bicyclic) bond motifs is 1. The monoisotopic (exact) mass is 603 g/mol. The number of ether oxygens (including phenoxy) is 3. The summed E-state index contributed by atoms with van der Waals surface area (Å²) in [6.45, 7) is 12.5. The Morgan fingerprint density at radius 2 is 1.79 bits per heavy atom. The summed E-state index contributed by atoms with van der Waals surface area (Å²) in [5.74, 6) is -0.283. The third-order valence-corrected chi connectivity index (χ3v) is 7.18. The van der Waals surface area contributed by atoms with Crippen LogP contribution < -0.4 is 4.74 Å². The van der Waals surface area contributed by atoms with Crippen LogP contribution in [0.15, 0.2) is 36.5 Å². The van der Waals surface area contributed by atoms with Crippen LogP contribution in [0.4, 0.5) is 13.6 Å². The van der Waals surface area contributed by atoms with Crippen molar-refractivity contribution in [1.82, 2.24) is 14.4 Å². The first kappa shape index (κ1) is 33.8. The zero-order chi connectivity index (χ0) is 32.1. The maximum atomic E-state index is 13.3. The topological polar surface area (TPSA) is 93.5 Å². The van der Waals surface area contributed by atoms with Gasteiger partial charge in [0.15, 0.2) is 0 Å². The van der Waals surface area contributed by atoms with E-state index in [4.69, 9.17) is 14.2 Å². The lowest BCUT2D eigenvalue weighted by atomic mass is 9.97. The van der Waals surface area contributed by atoms with E-state index in [1.807, 2.05) is 32.9 Å². The molecule has 0 radical (unpaired) electrons. The fourth-order valence-electron chi connectivity index (χ4n) is 5.36. The summed E-state index contributed by atoms with van der Waals surface area (Å²) >= 11 is 0. The highest BCUT2D eigenvalue weighted by atomic mass is 19.3. The molecule has 4 rings (SSSR count). The van der Waals surface area contributed by atoms with Crippen LogP contribution in [-0.4, -0.2) is 84.0 Å². The van der Waals surface area contributed by atoms with Crippen molar-refractivity contribution in [2.45, 2.75) is 66.2 Å². The number of rotatable bonds is 7. The smallest absolute Gasteiger partial charge is 0.419 e. The van der Waals surface area contributed by atoms with Crippen molar-refractivity contribution in [1.29, 1.82) is 0 Å². The molecule has 1 aliphatic rings. The van der Waals surface area contributed by atoms with E-state index in [1.54, 1.807) is 45.0 Å². The number of methoxy groups -OCH3 is 2. The molecule has 1 N–H and O–H groups in total. The van der Waals surface area contributed by atoms with Crippen LogP contribution >= 0.6 is 0 Å². The molecule has 1 fully saturated rings. The number of aromatic nitrogens is 1. The highest BCUT2D eigenvalue weighted by Gasteiger charge is 2.32. The molecule has 0 bridgehead atoms. The number of phenolic OH excluding ortho intramolecular Hbond substituents is 1. The minimum atomic E-state index is -2.48. The molecule has 0 saturated carbocycles. The third kappa shape index (κ3) is 7.83. The van der Waals surface area contributed by atoms with Crippen LogP contribution in [0.5, 0.6) is 11.5 Å². The van der Waals surface area contributed by atoms with Crippen molar-refractivity contribution in [3.05, 3.63) is 58.8 Å². The van der Waals surface area contributed by atoms with E-state index in [9.17, 15) is 23.5 Å². The number of carbonyl (C=O) groups is 2. The summed E-state index contributed by atoms with van der Waals surface area (Å²) < 4.78 is 44.2. The number of hydrogen-bond acceptors (Lipinski definition) is 8. The molecule has 2 aromatic carbocycles. The fraction of sp³-hybridized carbons (Fsp3) is 0.500. The van der Waals surface area contributed by atoms with E-state index in [-0.39, 0.29) is 30.4 Å². The van der Waals surface area contributed by atoms with Crippen molar-refractivity contribution < 1.29 is 37.7 Å². The summed E-state index contributed by atoms with van der Waals surface area (Å²) in [7, 11) is 2.81. The van der Waals surface area contributed by atoms with Crippen LogP contribution in [0.2, 0.25) is 0 Å². The van der Waals surface area contributed by atoms with E-state index in [0.717, 1.165) is 16.5 Å². The number of aromatic hydroxyl groups is 1. The van der Waals surface area contributed by atoms with E-state index < -0.39 is 24.1 Å². The average Bonchev–Trinajstić information content (AvgIpc) is 3.41. The Hall–Kier alpha value is -3.70. The van der Waals surface area contributed by atoms with Crippen LogP contribution in [0.25, 0.3) is 10.9 Å². The summed E-state index contributed by atoms with van der Waals surface area (Å²) in [5.41, 5.74) is 2.38. The fourth-order valence-corrected chi connectivity index (χ4v) is 5.36. The molecule has 3 aromatic rings. The predicted octanol–water partition coefficient (Wildman–Crippen LogP) is 6.38. The van der Waals surface area contributed by atoms with Gasteiger partial charge in [0.25, 0.3) is 6.43 Å². The molecular weight excluding hydrogens is 560 g/mol. The van der Waals surface area contributed by atoms with Gasteiger partial charge in [-0.3, -0.25) is 14.4 Å². The molecule has 9 nitrogen and oxygen atoms in total. The molecule has 1 aliphatic heterocycles. The van der Waals surface area contributed by atoms with Crippen molar-refractivity contribution in [3.8, 4) is 11.5 Å². The summed E-state index contributed by atoms with van der Waals surface area (Å²) in [6.07, 6.45) is -1.30. The highest BCUT2D eigenvalue weighted by molar-refractivity contribution is 5.95. The van der Waals surface area contributed by atoms with Gasteiger partial charge in [-0.25, -0.2) is 18.4 Å². The number of benzene rings is 2. The normalized spacial score (nSPS) is 16.1. The number of aryl methyl sites for hydroxylation is 1. The number of halogens is 2. The van der Waals surface area contributed by atoms with E-state index in [1.165, 1.54) is 23.8 Å². The average molecular weight is 604 g/mol. The zero-order valence-electron chi connectivity index (χ0n) is 26.2. The largest absolute Gasteiger partial charge is 0.507 e. The molecule has 0 amide bonds. The van der Waals surface area contributed by atoms with Crippen LogP contribution in [0.3, 0.4) is 0 Å². The summed E-state index contributed by atoms with van der Waals surface area (Å²) in [5, 5.41) is 11.4. The van der Waals surface area contributed by atoms with Gasteiger partial charge in [0.05, 0.1) is 26.3 Å². The van der Waals surface area contributed by atoms with E-state index in [2.05, 4.69) is 4.90 Å². The minimum Gasteiger partial charge on any atom is -0.507 e. The molecule has 236 valence electrons.